The van der Waals surface area contributed by atoms with Crippen LogP contribution in [-0.2, 0) is 6.42 Å². The average molecular weight is 219 g/mol. The molecular formula is C11H9NS2. The van der Waals surface area contributed by atoms with E-state index in [0.29, 0.717) is 0 Å². The molecule has 0 radical (unpaired) electrons. The fourth-order valence-electron chi connectivity index (χ4n) is 1.53. The summed E-state index contributed by atoms with van der Waals surface area (Å²) in [5, 5.41) is 12.0. The summed E-state index contributed by atoms with van der Waals surface area (Å²) in [5.74, 6) is 0. The molecule has 0 aliphatic carbocycles. The predicted molar refractivity (Wildman–Crippen MR) is 63.2 cm³/mol. The Labute approximate surface area is 92.4 Å². The first-order chi connectivity index (χ1) is 6.77. The van der Waals surface area contributed by atoms with Gasteiger partial charge in [0.2, 0.25) is 0 Å². The van der Waals surface area contributed by atoms with Crippen LogP contribution in [0.3, 0.4) is 0 Å². The van der Waals surface area contributed by atoms with Crippen molar-refractivity contribution in [1.29, 1.82) is 5.26 Å². The highest BCUT2D eigenvalue weighted by Crippen LogP contribution is 2.33. The van der Waals surface area contributed by atoms with Gasteiger partial charge in [-0.1, -0.05) is 6.92 Å². The quantitative estimate of drug-likeness (QED) is 0.728. The van der Waals surface area contributed by atoms with Gasteiger partial charge in [-0.25, -0.2) is 0 Å². The van der Waals surface area contributed by atoms with Crippen LogP contribution in [0.2, 0.25) is 0 Å². The van der Waals surface area contributed by atoms with Crippen molar-refractivity contribution in [2.75, 3.05) is 0 Å². The lowest BCUT2D eigenvalue weighted by atomic mass is 10.1. The summed E-state index contributed by atoms with van der Waals surface area (Å²) in [4.78, 5) is 1.02. The van der Waals surface area contributed by atoms with Crippen LogP contribution in [-0.4, -0.2) is 0 Å². The van der Waals surface area contributed by atoms with Crippen molar-refractivity contribution in [3.05, 3.63) is 28.6 Å². The van der Waals surface area contributed by atoms with E-state index in [1.165, 1.54) is 0 Å². The normalized spacial score (nSPS) is 10.4. The summed E-state index contributed by atoms with van der Waals surface area (Å²) >= 11 is 6.14. The van der Waals surface area contributed by atoms with Gasteiger partial charge in [0.1, 0.15) is 0 Å². The van der Waals surface area contributed by atoms with Crippen molar-refractivity contribution in [2.24, 2.45) is 0 Å². The molecule has 0 N–H and O–H groups in total. The summed E-state index contributed by atoms with van der Waals surface area (Å²) in [6.45, 7) is 2.08. The van der Waals surface area contributed by atoms with E-state index in [-0.39, 0.29) is 0 Å². The molecule has 0 spiro atoms. The smallest absolute Gasteiger partial charge is 0.0998 e. The van der Waals surface area contributed by atoms with Gasteiger partial charge in [0.05, 0.1) is 11.6 Å². The average Bonchev–Trinajstić information content (AvgIpc) is 2.68. The predicted octanol–water partition coefficient (Wildman–Crippen LogP) is 3.62. The van der Waals surface area contributed by atoms with Crippen molar-refractivity contribution in [1.82, 2.24) is 0 Å². The minimum atomic E-state index is 0.760. The van der Waals surface area contributed by atoms with Gasteiger partial charge in [-0.15, -0.1) is 24.0 Å². The van der Waals surface area contributed by atoms with Crippen LogP contribution in [0.4, 0.5) is 0 Å². The minimum absolute atomic E-state index is 0.760. The largest absolute Gasteiger partial charge is 0.192 e. The molecule has 1 nitrogen and oxygen atoms in total. The van der Waals surface area contributed by atoms with Crippen LogP contribution >= 0.6 is 24.0 Å². The first-order valence-electron chi connectivity index (χ1n) is 4.40. The molecule has 0 saturated heterocycles. The van der Waals surface area contributed by atoms with Crippen LogP contribution in [0.5, 0.6) is 0 Å². The van der Waals surface area contributed by atoms with E-state index in [1.807, 2.05) is 17.5 Å². The molecule has 1 heterocycles. The topological polar surface area (TPSA) is 23.8 Å². The van der Waals surface area contributed by atoms with Crippen molar-refractivity contribution in [3.63, 3.8) is 0 Å². The zero-order valence-electron chi connectivity index (χ0n) is 7.74. The van der Waals surface area contributed by atoms with Crippen molar-refractivity contribution < 1.29 is 0 Å². The molecule has 0 fully saturated rings. The molecular weight excluding hydrogens is 210 g/mol. The zero-order chi connectivity index (χ0) is 10.1. The molecule has 0 amide bonds. The van der Waals surface area contributed by atoms with E-state index < -0.39 is 0 Å². The number of rotatable bonds is 1. The van der Waals surface area contributed by atoms with Crippen LogP contribution in [0.1, 0.15) is 18.1 Å². The molecule has 1 aromatic carbocycles. The lowest BCUT2D eigenvalue weighted by molar-refractivity contribution is 1.10. The molecule has 2 rings (SSSR count). The Hall–Kier alpha value is -0.980. The molecule has 0 saturated carbocycles. The van der Waals surface area contributed by atoms with Gasteiger partial charge in [0, 0.05) is 15.0 Å². The zero-order valence-corrected chi connectivity index (χ0v) is 9.45. The maximum absolute atomic E-state index is 8.99. The monoisotopic (exact) mass is 219 g/mol. The fourth-order valence-corrected chi connectivity index (χ4v) is 2.92. The second-order valence-corrected chi connectivity index (χ2v) is 4.42. The van der Waals surface area contributed by atoms with E-state index in [9.17, 15) is 0 Å². The fraction of sp³-hybridized carbons (Fsp3) is 0.182. The number of aryl methyl sites for hydroxylation is 1. The second kappa shape index (κ2) is 3.64. The van der Waals surface area contributed by atoms with Gasteiger partial charge >= 0.3 is 0 Å². The lowest BCUT2D eigenvalue weighted by Crippen LogP contribution is -1.86. The highest BCUT2D eigenvalue weighted by molar-refractivity contribution is 7.80. The summed E-state index contributed by atoms with van der Waals surface area (Å²) in [5.41, 5.74) is 1.91. The molecule has 0 aliphatic rings. The highest BCUT2D eigenvalue weighted by Gasteiger charge is 2.09. The maximum atomic E-state index is 8.99. The standard InChI is InChI=1S/C11H9NS2/c1-2-7-5-8(6-12)9-3-4-14-11(9)10(7)13/h3-5,13H,2H2,1H3. The maximum Gasteiger partial charge on any atom is 0.0998 e. The Morgan fingerprint density at radius 2 is 2.36 bits per heavy atom. The number of thiophene rings is 1. The van der Waals surface area contributed by atoms with E-state index in [0.717, 1.165) is 32.5 Å². The van der Waals surface area contributed by atoms with E-state index >= 15 is 0 Å². The first kappa shape index (κ1) is 9.57. The minimum Gasteiger partial charge on any atom is -0.192 e. The number of fused-ring (bicyclic) bond motifs is 1. The highest BCUT2D eigenvalue weighted by atomic mass is 32.1. The van der Waals surface area contributed by atoms with Gasteiger partial charge in [0.25, 0.3) is 0 Å². The van der Waals surface area contributed by atoms with Crippen LogP contribution in [0.15, 0.2) is 22.4 Å². The Kier molecular flexibility index (Phi) is 2.49. The Bertz CT molecular complexity index is 520. The molecule has 2 aromatic rings. The summed E-state index contributed by atoms with van der Waals surface area (Å²) in [6, 6.07) is 6.16. The summed E-state index contributed by atoms with van der Waals surface area (Å²) in [6.07, 6.45) is 0.918. The van der Waals surface area contributed by atoms with Crippen LogP contribution < -0.4 is 0 Å². The molecule has 0 unspecified atom stereocenters. The Balaban J connectivity index is 2.89. The number of hydrogen-bond donors (Lipinski definition) is 1. The third kappa shape index (κ3) is 1.31. The third-order valence-electron chi connectivity index (χ3n) is 2.29. The van der Waals surface area contributed by atoms with E-state index in [4.69, 9.17) is 5.26 Å². The molecule has 70 valence electrons. The summed E-state index contributed by atoms with van der Waals surface area (Å²) < 4.78 is 1.13. The van der Waals surface area contributed by atoms with E-state index in [2.05, 4.69) is 25.6 Å². The van der Waals surface area contributed by atoms with Crippen LogP contribution in [0, 0.1) is 11.3 Å². The van der Waals surface area contributed by atoms with Crippen LogP contribution in [0.25, 0.3) is 10.1 Å². The molecule has 1 aromatic heterocycles. The summed E-state index contributed by atoms with van der Waals surface area (Å²) in [7, 11) is 0. The number of thiol groups is 1. The van der Waals surface area contributed by atoms with Gasteiger partial charge in [-0.3, -0.25) is 0 Å². The van der Waals surface area contributed by atoms with Gasteiger partial charge in [0.15, 0.2) is 0 Å². The van der Waals surface area contributed by atoms with Gasteiger partial charge in [-0.2, -0.15) is 5.26 Å². The Morgan fingerprint density at radius 3 is 3.00 bits per heavy atom. The number of nitriles is 1. The molecule has 3 heteroatoms. The number of benzene rings is 1. The lowest BCUT2D eigenvalue weighted by Gasteiger charge is -2.04. The molecule has 0 atom stereocenters. The number of hydrogen-bond acceptors (Lipinski definition) is 3. The second-order valence-electron chi connectivity index (χ2n) is 3.06. The molecule has 14 heavy (non-hydrogen) atoms. The molecule has 0 bridgehead atoms. The first-order valence-corrected chi connectivity index (χ1v) is 5.72. The van der Waals surface area contributed by atoms with Gasteiger partial charge in [-0.05, 0) is 29.5 Å². The van der Waals surface area contributed by atoms with Crippen molar-refractivity contribution in [2.45, 2.75) is 18.2 Å². The SMILES string of the molecule is CCc1cc(C#N)c2ccsc2c1S. The number of nitrogens with zero attached hydrogens (tertiary/aromatic N) is 1. The van der Waals surface area contributed by atoms with Crippen molar-refractivity contribution in [3.8, 4) is 6.07 Å². The molecule has 0 aliphatic heterocycles. The van der Waals surface area contributed by atoms with Gasteiger partial charge < -0.3 is 0 Å². The van der Waals surface area contributed by atoms with E-state index in [1.54, 1.807) is 11.3 Å². The Morgan fingerprint density at radius 1 is 1.57 bits per heavy atom. The van der Waals surface area contributed by atoms with Crippen molar-refractivity contribution >= 4 is 34.1 Å². The third-order valence-corrected chi connectivity index (χ3v) is 3.89.